The lowest BCUT2D eigenvalue weighted by Gasteiger charge is -2.27. The first-order valence-electron chi connectivity index (χ1n) is 7.53. The molecule has 110 valence electrons. The van der Waals surface area contributed by atoms with Crippen LogP contribution in [0.25, 0.3) is 0 Å². The number of likely N-dealkylation sites (N-methyl/N-ethyl adjacent to an activating group) is 1. The van der Waals surface area contributed by atoms with Crippen molar-refractivity contribution in [3.05, 3.63) is 11.1 Å². The first-order valence-corrected chi connectivity index (χ1v) is 7.53. The molecule has 3 aliphatic rings. The van der Waals surface area contributed by atoms with Crippen molar-refractivity contribution >= 4 is 11.8 Å². The average molecular weight is 278 g/mol. The number of fused-ring (bicyclic) bond motifs is 1. The molecule has 0 aromatic heterocycles. The summed E-state index contributed by atoms with van der Waals surface area (Å²) in [5.74, 6) is 0.136. The predicted octanol–water partition coefficient (Wildman–Crippen LogP) is 0.946. The van der Waals surface area contributed by atoms with Gasteiger partial charge in [0, 0.05) is 25.7 Å². The summed E-state index contributed by atoms with van der Waals surface area (Å²) < 4.78 is 5.26. The van der Waals surface area contributed by atoms with E-state index in [9.17, 15) is 9.59 Å². The van der Waals surface area contributed by atoms with Crippen molar-refractivity contribution < 1.29 is 14.3 Å². The Balaban J connectivity index is 1.74. The molecule has 0 spiro atoms. The topological polar surface area (TPSA) is 49.9 Å². The zero-order valence-electron chi connectivity index (χ0n) is 12.1. The van der Waals surface area contributed by atoms with Crippen LogP contribution in [0.1, 0.15) is 32.1 Å². The number of ether oxygens (including phenoxy) is 1. The van der Waals surface area contributed by atoms with Gasteiger partial charge in [-0.3, -0.25) is 9.59 Å². The number of morpholine rings is 1. The van der Waals surface area contributed by atoms with Crippen molar-refractivity contribution in [3.8, 4) is 0 Å². The Bertz CT molecular complexity index is 452. The van der Waals surface area contributed by atoms with Crippen LogP contribution in [0.15, 0.2) is 11.1 Å². The van der Waals surface area contributed by atoms with E-state index in [1.165, 1.54) is 12.0 Å². The van der Waals surface area contributed by atoms with Crippen LogP contribution in [0.4, 0.5) is 0 Å². The van der Waals surface area contributed by atoms with Gasteiger partial charge in [-0.2, -0.15) is 0 Å². The lowest BCUT2D eigenvalue weighted by atomic mass is 9.88. The van der Waals surface area contributed by atoms with E-state index in [-0.39, 0.29) is 24.3 Å². The largest absolute Gasteiger partial charge is 0.378 e. The molecule has 1 saturated heterocycles. The molecule has 1 aliphatic carbocycles. The minimum Gasteiger partial charge on any atom is -0.378 e. The molecule has 0 aromatic rings. The highest BCUT2D eigenvalue weighted by Crippen LogP contribution is 2.37. The molecular formula is C15H22N2O3. The number of amides is 2. The Morgan fingerprint density at radius 1 is 1.30 bits per heavy atom. The maximum absolute atomic E-state index is 12.4. The maximum atomic E-state index is 12.4. The van der Waals surface area contributed by atoms with Gasteiger partial charge >= 0.3 is 0 Å². The summed E-state index contributed by atoms with van der Waals surface area (Å²) in [5, 5.41) is 0. The van der Waals surface area contributed by atoms with Gasteiger partial charge in [-0.15, -0.1) is 0 Å². The number of carbonyl (C=O) groups is 2. The Hall–Kier alpha value is -1.36. The van der Waals surface area contributed by atoms with Crippen LogP contribution >= 0.6 is 0 Å². The highest BCUT2D eigenvalue weighted by Gasteiger charge is 2.38. The molecular weight excluding hydrogens is 256 g/mol. The number of hydrogen-bond donors (Lipinski definition) is 0. The lowest BCUT2D eigenvalue weighted by molar-refractivity contribution is -0.136. The van der Waals surface area contributed by atoms with Gasteiger partial charge in [0.2, 0.25) is 5.91 Å². The fourth-order valence-electron chi connectivity index (χ4n) is 3.53. The minimum absolute atomic E-state index is 0.0634. The summed E-state index contributed by atoms with van der Waals surface area (Å²) in [6.45, 7) is 2.51. The third kappa shape index (κ3) is 2.35. The molecule has 0 bridgehead atoms. The second-order valence-corrected chi connectivity index (χ2v) is 5.85. The van der Waals surface area contributed by atoms with Crippen LogP contribution in [-0.4, -0.2) is 61.0 Å². The van der Waals surface area contributed by atoms with Gasteiger partial charge in [0.1, 0.15) is 0 Å². The highest BCUT2D eigenvalue weighted by atomic mass is 16.5. The van der Waals surface area contributed by atoms with Crippen molar-refractivity contribution in [2.45, 2.75) is 38.1 Å². The summed E-state index contributed by atoms with van der Waals surface area (Å²) in [6.07, 6.45) is 4.62. The van der Waals surface area contributed by atoms with Gasteiger partial charge in [-0.1, -0.05) is 6.42 Å². The molecule has 0 N–H and O–H groups in total. The summed E-state index contributed by atoms with van der Waals surface area (Å²) in [6, 6.07) is 0.253. The Morgan fingerprint density at radius 2 is 2.05 bits per heavy atom. The van der Waals surface area contributed by atoms with Crippen molar-refractivity contribution in [1.82, 2.24) is 9.80 Å². The van der Waals surface area contributed by atoms with E-state index >= 15 is 0 Å². The van der Waals surface area contributed by atoms with Gasteiger partial charge in [-0.05, 0) is 24.8 Å². The molecule has 20 heavy (non-hydrogen) atoms. The normalized spacial score (nSPS) is 27.1. The number of rotatable bonds is 2. The molecule has 2 heterocycles. The lowest BCUT2D eigenvalue weighted by Crippen LogP contribution is -2.41. The summed E-state index contributed by atoms with van der Waals surface area (Å²) in [5.41, 5.74) is 2.00. The summed E-state index contributed by atoms with van der Waals surface area (Å²) in [4.78, 5) is 28.4. The highest BCUT2D eigenvalue weighted by molar-refractivity contribution is 6.02. The van der Waals surface area contributed by atoms with Gasteiger partial charge in [0.25, 0.3) is 5.91 Å². The van der Waals surface area contributed by atoms with Crippen molar-refractivity contribution in [3.63, 3.8) is 0 Å². The van der Waals surface area contributed by atoms with Crippen LogP contribution in [0.3, 0.4) is 0 Å². The van der Waals surface area contributed by atoms with E-state index in [4.69, 9.17) is 4.74 Å². The Kier molecular flexibility index (Phi) is 3.78. The van der Waals surface area contributed by atoms with Crippen LogP contribution < -0.4 is 0 Å². The van der Waals surface area contributed by atoms with E-state index < -0.39 is 0 Å². The minimum atomic E-state index is 0.0634. The number of hydrogen-bond acceptors (Lipinski definition) is 3. The molecule has 5 nitrogen and oxygen atoms in total. The molecule has 5 heteroatoms. The fraction of sp³-hybridized carbons (Fsp3) is 0.733. The maximum Gasteiger partial charge on any atom is 0.250 e. The van der Waals surface area contributed by atoms with Crippen molar-refractivity contribution in [1.29, 1.82) is 0 Å². The standard InChI is InChI=1S/C15H22N2O3/c1-16-13-5-3-2-4-11(13)12(15(16)19)10-14(18)17-6-8-20-9-7-17/h13H,2-10H2,1H3. The van der Waals surface area contributed by atoms with E-state index in [2.05, 4.69) is 0 Å². The van der Waals surface area contributed by atoms with Crippen LogP contribution in [0.2, 0.25) is 0 Å². The molecule has 0 radical (unpaired) electrons. The summed E-state index contributed by atoms with van der Waals surface area (Å²) >= 11 is 0. The molecule has 2 amide bonds. The predicted molar refractivity (Wildman–Crippen MR) is 74.1 cm³/mol. The number of carbonyl (C=O) groups excluding carboxylic acids is 2. The van der Waals surface area contributed by atoms with E-state index in [0.29, 0.717) is 26.3 Å². The van der Waals surface area contributed by atoms with Gasteiger partial charge in [0.15, 0.2) is 0 Å². The molecule has 2 fully saturated rings. The van der Waals surface area contributed by atoms with Gasteiger partial charge in [-0.25, -0.2) is 0 Å². The third-order valence-corrected chi connectivity index (χ3v) is 4.70. The Morgan fingerprint density at radius 3 is 2.80 bits per heavy atom. The first kappa shape index (κ1) is 13.6. The molecule has 0 aromatic carbocycles. The van der Waals surface area contributed by atoms with Crippen molar-refractivity contribution in [2.24, 2.45) is 0 Å². The van der Waals surface area contributed by atoms with E-state index in [1.807, 2.05) is 16.8 Å². The molecule has 1 atom stereocenters. The first-order chi connectivity index (χ1) is 9.68. The smallest absolute Gasteiger partial charge is 0.250 e. The zero-order chi connectivity index (χ0) is 14.1. The zero-order valence-corrected chi connectivity index (χ0v) is 12.1. The molecule has 1 unspecified atom stereocenters. The molecule has 1 saturated carbocycles. The van der Waals surface area contributed by atoms with Crippen LogP contribution in [-0.2, 0) is 14.3 Å². The summed E-state index contributed by atoms with van der Waals surface area (Å²) in [7, 11) is 1.87. The van der Waals surface area contributed by atoms with Gasteiger partial charge < -0.3 is 14.5 Å². The van der Waals surface area contributed by atoms with Crippen LogP contribution in [0.5, 0.6) is 0 Å². The average Bonchev–Trinajstić information content (AvgIpc) is 2.74. The second-order valence-electron chi connectivity index (χ2n) is 5.85. The Labute approximate surface area is 119 Å². The quantitative estimate of drug-likeness (QED) is 0.755. The monoisotopic (exact) mass is 278 g/mol. The molecule has 3 rings (SSSR count). The third-order valence-electron chi connectivity index (χ3n) is 4.70. The second kappa shape index (κ2) is 5.56. The van der Waals surface area contributed by atoms with E-state index in [0.717, 1.165) is 24.8 Å². The van der Waals surface area contributed by atoms with Crippen LogP contribution in [0, 0.1) is 0 Å². The van der Waals surface area contributed by atoms with Gasteiger partial charge in [0.05, 0.1) is 25.7 Å². The fourth-order valence-corrected chi connectivity index (χ4v) is 3.53. The SMILES string of the molecule is CN1C(=O)C(CC(=O)N2CCOCC2)=C2CCCCC21. The number of nitrogens with zero attached hydrogens (tertiary/aromatic N) is 2. The van der Waals surface area contributed by atoms with Crippen molar-refractivity contribution in [2.75, 3.05) is 33.4 Å². The van der Waals surface area contributed by atoms with E-state index in [1.54, 1.807) is 0 Å². The molecule has 2 aliphatic heterocycles.